The third kappa shape index (κ3) is 8.07. The third-order valence-corrected chi connectivity index (χ3v) is 6.25. The molecule has 1 aliphatic rings. The smallest absolute Gasteiger partial charge is 0.241 e. The fraction of sp³-hybridized carbons (Fsp3) is 0.609. The number of hydrogen-bond donors (Lipinski definition) is 4. The molecule has 2 aromatic rings. The minimum absolute atomic E-state index is 0.0301. The minimum atomic E-state index is -3.55. The molecule has 1 aromatic carbocycles. The van der Waals surface area contributed by atoms with Gasteiger partial charge in [0.1, 0.15) is 5.82 Å². The summed E-state index contributed by atoms with van der Waals surface area (Å²) < 4.78 is 25.9. The predicted octanol–water partition coefficient (Wildman–Crippen LogP) is 1.82. The zero-order valence-electron chi connectivity index (χ0n) is 20.5. The van der Waals surface area contributed by atoms with E-state index in [1.165, 1.54) is 5.69 Å². The van der Waals surface area contributed by atoms with Crippen LogP contribution >= 0.6 is 0 Å². The number of aliphatic hydroxyl groups excluding tert-OH is 1. The number of rotatable bonds is 11. The summed E-state index contributed by atoms with van der Waals surface area (Å²) in [5.74, 6) is 1.17. The molecule has 188 valence electrons. The Balaban J connectivity index is 1.77. The molecule has 0 bridgehead atoms. The van der Waals surface area contributed by atoms with Crippen molar-refractivity contribution in [1.82, 2.24) is 20.3 Å². The van der Waals surface area contributed by atoms with Gasteiger partial charge in [0, 0.05) is 38.3 Å². The monoisotopic (exact) mass is 491 g/mol. The molecule has 1 saturated heterocycles. The molecule has 11 heteroatoms. The number of sulfonamides is 1. The first-order chi connectivity index (χ1) is 16.1. The Hall–Kier alpha value is -2.50. The van der Waals surface area contributed by atoms with Crippen molar-refractivity contribution in [3.63, 3.8) is 0 Å². The first-order valence-corrected chi connectivity index (χ1v) is 13.7. The van der Waals surface area contributed by atoms with Gasteiger partial charge < -0.3 is 20.6 Å². The van der Waals surface area contributed by atoms with E-state index < -0.39 is 10.0 Å². The number of hydrogen-bond acceptors (Lipinski definition) is 9. The lowest BCUT2D eigenvalue weighted by Gasteiger charge is -2.29. The van der Waals surface area contributed by atoms with Crippen molar-refractivity contribution in [2.45, 2.75) is 45.6 Å². The lowest BCUT2D eigenvalue weighted by atomic mass is 9.97. The second kappa shape index (κ2) is 11.8. The highest BCUT2D eigenvalue weighted by Gasteiger charge is 2.17. The van der Waals surface area contributed by atoms with Gasteiger partial charge in [-0.15, -0.1) is 0 Å². The van der Waals surface area contributed by atoms with Crippen molar-refractivity contribution >= 4 is 27.6 Å². The highest BCUT2D eigenvalue weighted by atomic mass is 32.2. The van der Waals surface area contributed by atoms with Crippen molar-refractivity contribution in [3.8, 4) is 0 Å². The first kappa shape index (κ1) is 26.1. The Labute approximate surface area is 202 Å². The molecule has 0 saturated carbocycles. The van der Waals surface area contributed by atoms with Crippen LogP contribution in [0.4, 0.5) is 17.6 Å². The molecule has 1 aliphatic heterocycles. The molecule has 2 unspecified atom stereocenters. The predicted molar refractivity (Wildman–Crippen MR) is 136 cm³/mol. The SMILES string of the molecule is CC(C)CC(CO)Nc1nc(CC(C)c2ccc(N3CCNCC3)cc2)nc(NS(C)(=O)=O)n1. The largest absolute Gasteiger partial charge is 0.394 e. The molecular formula is C23H37N7O3S. The zero-order valence-corrected chi connectivity index (χ0v) is 21.3. The average molecular weight is 492 g/mol. The number of aromatic nitrogens is 3. The number of aliphatic hydroxyl groups is 1. The van der Waals surface area contributed by atoms with Gasteiger partial charge in [0.15, 0.2) is 0 Å². The maximum atomic E-state index is 11.8. The van der Waals surface area contributed by atoms with Crippen LogP contribution in [0.15, 0.2) is 24.3 Å². The molecule has 0 spiro atoms. The van der Waals surface area contributed by atoms with Gasteiger partial charge in [-0.1, -0.05) is 32.9 Å². The van der Waals surface area contributed by atoms with E-state index in [9.17, 15) is 13.5 Å². The number of anilines is 3. The summed E-state index contributed by atoms with van der Waals surface area (Å²) in [4.78, 5) is 15.4. The summed E-state index contributed by atoms with van der Waals surface area (Å²) in [7, 11) is -3.55. The summed E-state index contributed by atoms with van der Waals surface area (Å²) >= 11 is 0. The molecule has 1 aromatic heterocycles. The van der Waals surface area contributed by atoms with E-state index in [4.69, 9.17) is 0 Å². The van der Waals surface area contributed by atoms with Crippen LogP contribution in [0, 0.1) is 5.92 Å². The van der Waals surface area contributed by atoms with Crippen molar-refractivity contribution in [1.29, 1.82) is 0 Å². The lowest BCUT2D eigenvalue weighted by Crippen LogP contribution is -2.43. The molecule has 1 fully saturated rings. The highest BCUT2D eigenvalue weighted by molar-refractivity contribution is 7.91. The van der Waals surface area contributed by atoms with E-state index in [1.807, 2.05) is 0 Å². The van der Waals surface area contributed by atoms with Gasteiger partial charge in [-0.2, -0.15) is 15.0 Å². The Morgan fingerprint density at radius 1 is 1.06 bits per heavy atom. The maximum Gasteiger partial charge on any atom is 0.241 e. The Bertz CT molecular complexity index is 1030. The van der Waals surface area contributed by atoms with Crippen LogP contribution in [-0.2, 0) is 16.4 Å². The number of piperazine rings is 1. The minimum Gasteiger partial charge on any atom is -0.394 e. The van der Waals surface area contributed by atoms with Gasteiger partial charge in [0.25, 0.3) is 0 Å². The second-order valence-corrected chi connectivity index (χ2v) is 11.1. The Kier molecular flexibility index (Phi) is 9.03. The van der Waals surface area contributed by atoms with E-state index in [-0.39, 0.29) is 30.5 Å². The van der Waals surface area contributed by atoms with E-state index in [0.717, 1.165) is 44.4 Å². The van der Waals surface area contributed by atoms with Crippen LogP contribution in [0.25, 0.3) is 0 Å². The number of nitrogens with one attached hydrogen (secondary N) is 3. The van der Waals surface area contributed by atoms with Crippen molar-refractivity contribution < 1.29 is 13.5 Å². The van der Waals surface area contributed by atoms with Gasteiger partial charge >= 0.3 is 0 Å². The van der Waals surface area contributed by atoms with Gasteiger partial charge in [0.05, 0.1) is 18.9 Å². The highest BCUT2D eigenvalue weighted by Crippen LogP contribution is 2.24. The molecule has 0 amide bonds. The molecule has 0 radical (unpaired) electrons. The molecule has 34 heavy (non-hydrogen) atoms. The van der Waals surface area contributed by atoms with E-state index in [2.05, 4.69) is 80.2 Å². The van der Waals surface area contributed by atoms with Crippen molar-refractivity contribution in [2.24, 2.45) is 5.92 Å². The fourth-order valence-corrected chi connectivity index (χ4v) is 4.47. The standard InChI is InChI=1S/C23H37N7O3S/c1-16(2)13-19(15-31)25-22-26-21(27-23(28-22)29-34(4,32)33)14-17(3)18-5-7-20(8-6-18)30-11-9-24-10-12-30/h5-8,16-17,19,24,31H,9-15H2,1-4H3,(H2,25,26,27,28,29). The molecule has 3 rings (SSSR count). The van der Waals surface area contributed by atoms with E-state index >= 15 is 0 Å². The van der Waals surface area contributed by atoms with Gasteiger partial charge in [-0.3, -0.25) is 4.72 Å². The molecule has 2 heterocycles. The van der Waals surface area contributed by atoms with Crippen LogP contribution < -0.4 is 20.3 Å². The number of benzene rings is 1. The molecule has 4 N–H and O–H groups in total. The van der Waals surface area contributed by atoms with E-state index in [1.54, 1.807) is 0 Å². The lowest BCUT2D eigenvalue weighted by molar-refractivity contribution is 0.259. The van der Waals surface area contributed by atoms with Crippen molar-refractivity contribution in [3.05, 3.63) is 35.7 Å². The zero-order chi connectivity index (χ0) is 24.7. The van der Waals surface area contributed by atoms with Crippen LogP contribution in [0.3, 0.4) is 0 Å². The van der Waals surface area contributed by atoms with Crippen molar-refractivity contribution in [2.75, 3.05) is 54.0 Å². The Morgan fingerprint density at radius 2 is 1.71 bits per heavy atom. The van der Waals surface area contributed by atoms with Gasteiger partial charge in [-0.05, 0) is 36.0 Å². The second-order valence-electron chi connectivity index (χ2n) is 9.36. The van der Waals surface area contributed by atoms with Crippen LogP contribution in [0.5, 0.6) is 0 Å². The maximum absolute atomic E-state index is 11.8. The summed E-state index contributed by atoms with van der Waals surface area (Å²) in [6.45, 7) is 10.1. The third-order valence-electron chi connectivity index (χ3n) is 5.70. The first-order valence-electron chi connectivity index (χ1n) is 11.8. The molecule has 10 nitrogen and oxygen atoms in total. The quantitative estimate of drug-likeness (QED) is 0.371. The van der Waals surface area contributed by atoms with Crippen LogP contribution in [-0.4, -0.2) is 73.6 Å². The van der Waals surface area contributed by atoms with Crippen LogP contribution in [0.2, 0.25) is 0 Å². The molecular weight excluding hydrogens is 454 g/mol. The fourth-order valence-electron chi connectivity index (χ4n) is 4.05. The molecule has 2 atom stereocenters. The van der Waals surface area contributed by atoms with E-state index in [0.29, 0.717) is 18.2 Å². The normalized spacial score (nSPS) is 16.4. The topological polar surface area (TPSA) is 132 Å². The summed E-state index contributed by atoms with van der Waals surface area (Å²) in [5.41, 5.74) is 2.36. The Morgan fingerprint density at radius 3 is 2.29 bits per heavy atom. The van der Waals surface area contributed by atoms with Crippen LogP contribution in [0.1, 0.15) is 44.5 Å². The summed E-state index contributed by atoms with van der Waals surface area (Å²) in [6, 6.07) is 8.30. The summed E-state index contributed by atoms with van der Waals surface area (Å²) in [5, 5.41) is 16.2. The summed E-state index contributed by atoms with van der Waals surface area (Å²) in [6.07, 6.45) is 2.29. The number of nitrogens with zero attached hydrogens (tertiary/aromatic N) is 4. The van der Waals surface area contributed by atoms with Gasteiger partial charge in [0.2, 0.25) is 21.9 Å². The van der Waals surface area contributed by atoms with Gasteiger partial charge in [-0.25, -0.2) is 8.42 Å². The average Bonchev–Trinajstić information content (AvgIpc) is 2.77. The molecule has 0 aliphatic carbocycles.